The molecule has 0 aliphatic heterocycles. The van der Waals surface area contributed by atoms with E-state index in [-0.39, 0.29) is 17.8 Å². The molecule has 21 heavy (non-hydrogen) atoms. The summed E-state index contributed by atoms with van der Waals surface area (Å²) in [5.41, 5.74) is 5.10. The molecule has 0 aromatic rings. The molecule has 120 valence electrons. The van der Waals surface area contributed by atoms with Crippen molar-refractivity contribution >= 4 is 11.7 Å². The highest BCUT2D eigenvalue weighted by molar-refractivity contribution is 6.06. The van der Waals surface area contributed by atoms with Crippen LogP contribution < -0.4 is 11.1 Å². The Morgan fingerprint density at radius 1 is 1.14 bits per heavy atom. The van der Waals surface area contributed by atoms with Crippen molar-refractivity contribution in [2.24, 2.45) is 22.2 Å². The van der Waals surface area contributed by atoms with Gasteiger partial charge in [0.05, 0.1) is 0 Å². The van der Waals surface area contributed by atoms with Crippen LogP contribution >= 0.6 is 0 Å². The van der Waals surface area contributed by atoms with E-state index in [0.29, 0.717) is 18.8 Å². The van der Waals surface area contributed by atoms with E-state index in [1.54, 1.807) is 0 Å². The molecule has 2 aliphatic rings. The number of hydrogen-bond donors (Lipinski definition) is 3. The van der Waals surface area contributed by atoms with Gasteiger partial charge in [-0.3, -0.25) is 4.79 Å². The summed E-state index contributed by atoms with van der Waals surface area (Å²) >= 11 is 0. The van der Waals surface area contributed by atoms with Gasteiger partial charge in [0.15, 0.2) is 5.84 Å². The first kappa shape index (κ1) is 16.1. The van der Waals surface area contributed by atoms with Crippen molar-refractivity contribution in [2.75, 3.05) is 0 Å². The second kappa shape index (κ2) is 7.14. The molecule has 0 bridgehead atoms. The van der Waals surface area contributed by atoms with Gasteiger partial charge in [-0.15, -0.1) is 0 Å². The van der Waals surface area contributed by atoms with Crippen LogP contribution in [0.2, 0.25) is 0 Å². The molecule has 0 radical (unpaired) electrons. The molecule has 5 nitrogen and oxygen atoms in total. The Kier molecular flexibility index (Phi) is 5.48. The standard InChI is InChI=1S/C16H29N3O2/c1-12-8-4-2-5-9-13(12)18-15(20)16(14(17)19-21)10-6-3-7-11-16/h12-13,21H,2-11H2,1H3,(H2,17,19)(H,18,20). The van der Waals surface area contributed by atoms with Crippen LogP contribution in [0.1, 0.15) is 71.1 Å². The maximum absolute atomic E-state index is 12.9. The number of nitrogens with two attached hydrogens (primary N) is 1. The van der Waals surface area contributed by atoms with Gasteiger partial charge in [-0.1, -0.05) is 50.6 Å². The SMILES string of the molecule is CC1CCCCCC1NC(=O)C1(C(N)=NO)CCCCC1. The number of nitrogens with zero attached hydrogens (tertiary/aromatic N) is 1. The summed E-state index contributed by atoms with van der Waals surface area (Å²) in [6.07, 6.45) is 10.3. The zero-order valence-electron chi connectivity index (χ0n) is 13.1. The Labute approximate surface area is 127 Å². The van der Waals surface area contributed by atoms with Gasteiger partial charge in [-0.25, -0.2) is 0 Å². The van der Waals surface area contributed by atoms with Gasteiger partial charge in [-0.2, -0.15) is 0 Å². The maximum Gasteiger partial charge on any atom is 0.234 e. The summed E-state index contributed by atoms with van der Waals surface area (Å²) in [4.78, 5) is 12.9. The van der Waals surface area contributed by atoms with E-state index in [0.717, 1.165) is 25.7 Å². The molecule has 2 atom stereocenters. The van der Waals surface area contributed by atoms with Crippen molar-refractivity contribution in [3.63, 3.8) is 0 Å². The highest BCUT2D eigenvalue weighted by atomic mass is 16.4. The summed E-state index contributed by atoms with van der Waals surface area (Å²) in [6.45, 7) is 2.22. The molecule has 0 spiro atoms. The molecule has 2 saturated carbocycles. The van der Waals surface area contributed by atoms with Gasteiger partial charge < -0.3 is 16.3 Å². The number of carbonyl (C=O) groups excluding carboxylic acids is 1. The highest BCUT2D eigenvalue weighted by Crippen LogP contribution is 2.37. The quantitative estimate of drug-likeness (QED) is 0.246. The van der Waals surface area contributed by atoms with Gasteiger partial charge in [0.1, 0.15) is 5.41 Å². The van der Waals surface area contributed by atoms with Gasteiger partial charge >= 0.3 is 0 Å². The lowest BCUT2D eigenvalue weighted by Crippen LogP contribution is -2.54. The zero-order chi connectivity index (χ0) is 15.3. The molecule has 0 aromatic carbocycles. The molecule has 5 heteroatoms. The van der Waals surface area contributed by atoms with Gasteiger partial charge in [0.2, 0.25) is 5.91 Å². The topological polar surface area (TPSA) is 87.7 Å². The van der Waals surface area contributed by atoms with E-state index >= 15 is 0 Å². The smallest absolute Gasteiger partial charge is 0.234 e. The van der Waals surface area contributed by atoms with Gasteiger partial charge in [-0.05, 0) is 31.6 Å². The molecule has 2 aliphatic carbocycles. The van der Waals surface area contributed by atoms with Crippen LogP contribution in [0.4, 0.5) is 0 Å². The van der Waals surface area contributed by atoms with Crippen molar-refractivity contribution in [1.82, 2.24) is 5.32 Å². The number of carbonyl (C=O) groups is 1. The fourth-order valence-corrected chi connectivity index (χ4v) is 3.86. The molecular formula is C16H29N3O2. The molecule has 2 rings (SSSR count). The predicted molar refractivity (Wildman–Crippen MR) is 83.1 cm³/mol. The molecule has 1 amide bonds. The summed E-state index contributed by atoms with van der Waals surface area (Å²) in [7, 11) is 0. The fraction of sp³-hybridized carbons (Fsp3) is 0.875. The molecule has 2 unspecified atom stereocenters. The number of hydrogen-bond acceptors (Lipinski definition) is 3. The molecule has 4 N–H and O–H groups in total. The third-order valence-electron chi connectivity index (χ3n) is 5.42. The summed E-state index contributed by atoms with van der Waals surface area (Å²) in [5, 5.41) is 15.5. The largest absolute Gasteiger partial charge is 0.409 e. The Morgan fingerprint density at radius 3 is 2.43 bits per heavy atom. The van der Waals surface area contributed by atoms with E-state index in [2.05, 4.69) is 17.4 Å². The van der Waals surface area contributed by atoms with E-state index in [1.165, 1.54) is 25.7 Å². The third-order valence-corrected chi connectivity index (χ3v) is 5.42. The summed E-state index contributed by atoms with van der Waals surface area (Å²) in [5.74, 6) is 0.557. The van der Waals surface area contributed by atoms with Crippen LogP contribution in [0.25, 0.3) is 0 Å². The van der Waals surface area contributed by atoms with Crippen molar-refractivity contribution < 1.29 is 10.0 Å². The minimum absolute atomic E-state index is 0.0312. The van der Waals surface area contributed by atoms with Crippen molar-refractivity contribution in [3.05, 3.63) is 0 Å². The second-order valence-corrected chi connectivity index (χ2v) is 6.82. The maximum atomic E-state index is 12.9. The average molecular weight is 295 g/mol. The minimum Gasteiger partial charge on any atom is -0.409 e. The molecular weight excluding hydrogens is 266 g/mol. The average Bonchev–Trinajstić information content (AvgIpc) is 2.72. The first-order valence-corrected chi connectivity index (χ1v) is 8.39. The van der Waals surface area contributed by atoms with Crippen LogP contribution in [0, 0.1) is 11.3 Å². The number of amidine groups is 1. The third kappa shape index (κ3) is 3.50. The number of amides is 1. The first-order chi connectivity index (χ1) is 10.1. The minimum atomic E-state index is -0.793. The van der Waals surface area contributed by atoms with Crippen molar-refractivity contribution in [3.8, 4) is 0 Å². The Hall–Kier alpha value is -1.26. The number of oxime groups is 1. The Balaban J connectivity index is 2.11. The van der Waals surface area contributed by atoms with Crippen LogP contribution in [-0.4, -0.2) is 23.0 Å². The van der Waals surface area contributed by atoms with E-state index in [4.69, 9.17) is 10.9 Å². The lowest BCUT2D eigenvalue weighted by atomic mass is 9.72. The number of rotatable bonds is 3. The van der Waals surface area contributed by atoms with E-state index in [1.807, 2.05) is 0 Å². The van der Waals surface area contributed by atoms with Crippen LogP contribution in [-0.2, 0) is 4.79 Å². The normalized spacial score (nSPS) is 30.4. The molecule has 0 heterocycles. The zero-order valence-corrected chi connectivity index (χ0v) is 13.1. The lowest BCUT2D eigenvalue weighted by molar-refractivity contribution is -0.130. The van der Waals surface area contributed by atoms with Gasteiger partial charge in [0, 0.05) is 6.04 Å². The molecule has 0 aromatic heterocycles. The Bertz CT molecular complexity index is 389. The first-order valence-electron chi connectivity index (χ1n) is 8.39. The summed E-state index contributed by atoms with van der Waals surface area (Å²) < 4.78 is 0. The van der Waals surface area contributed by atoms with E-state index in [9.17, 15) is 4.79 Å². The van der Waals surface area contributed by atoms with Crippen LogP contribution in [0.3, 0.4) is 0 Å². The monoisotopic (exact) mass is 295 g/mol. The predicted octanol–water partition coefficient (Wildman–Crippen LogP) is 2.77. The van der Waals surface area contributed by atoms with Crippen LogP contribution in [0.15, 0.2) is 5.16 Å². The Morgan fingerprint density at radius 2 is 1.76 bits per heavy atom. The number of nitrogens with one attached hydrogen (secondary N) is 1. The van der Waals surface area contributed by atoms with Crippen LogP contribution in [0.5, 0.6) is 0 Å². The summed E-state index contributed by atoms with van der Waals surface area (Å²) in [6, 6.07) is 0.227. The molecule has 0 saturated heterocycles. The highest BCUT2D eigenvalue weighted by Gasteiger charge is 2.44. The van der Waals surface area contributed by atoms with Crippen molar-refractivity contribution in [1.29, 1.82) is 0 Å². The van der Waals surface area contributed by atoms with E-state index < -0.39 is 5.41 Å². The van der Waals surface area contributed by atoms with Gasteiger partial charge in [0.25, 0.3) is 0 Å². The second-order valence-electron chi connectivity index (χ2n) is 6.82. The lowest BCUT2D eigenvalue weighted by Gasteiger charge is -2.36. The fourth-order valence-electron chi connectivity index (χ4n) is 3.86. The van der Waals surface area contributed by atoms with Crippen molar-refractivity contribution in [2.45, 2.75) is 77.2 Å². The molecule has 2 fully saturated rings.